The number of hydrogen-bond donors (Lipinski definition) is 0. The van der Waals surface area contributed by atoms with Gasteiger partial charge in [-0.25, -0.2) is 14.6 Å². The number of amides is 1. The Bertz CT molecular complexity index is 934. The molecule has 164 valence electrons. The van der Waals surface area contributed by atoms with E-state index < -0.39 is 12.1 Å². The second kappa shape index (κ2) is 9.98. The predicted octanol–water partition coefficient (Wildman–Crippen LogP) is 5.34. The maximum atomic E-state index is 13.1. The molecule has 0 saturated carbocycles. The van der Waals surface area contributed by atoms with Crippen molar-refractivity contribution in [3.8, 4) is 0 Å². The number of carbonyl (C=O) groups excluding carboxylic acids is 2. The van der Waals surface area contributed by atoms with E-state index in [2.05, 4.69) is 20.9 Å². The Labute approximate surface area is 187 Å². The van der Waals surface area contributed by atoms with Crippen molar-refractivity contribution in [1.29, 1.82) is 0 Å². The molecule has 0 unspecified atom stereocenters. The number of furan rings is 1. The molecule has 2 atom stereocenters. The fourth-order valence-corrected chi connectivity index (χ4v) is 4.37. The van der Waals surface area contributed by atoms with Gasteiger partial charge >= 0.3 is 12.1 Å². The lowest BCUT2D eigenvalue weighted by molar-refractivity contribution is 0.00465. The van der Waals surface area contributed by atoms with Gasteiger partial charge in [0, 0.05) is 12.6 Å². The number of halogens is 2. The van der Waals surface area contributed by atoms with Gasteiger partial charge in [-0.2, -0.15) is 0 Å². The summed E-state index contributed by atoms with van der Waals surface area (Å²) >= 11 is 9.49. The van der Waals surface area contributed by atoms with Crippen molar-refractivity contribution in [2.45, 2.75) is 52.2 Å². The van der Waals surface area contributed by atoms with Crippen LogP contribution < -0.4 is 4.90 Å². The molecule has 2 aromatic heterocycles. The van der Waals surface area contributed by atoms with E-state index in [9.17, 15) is 9.59 Å². The zero-order chi connectivity index (χ0) is 21.8. The lowest BCUT2D eigenvalue weighted by Gasteiger charge is -2.36. The zero-order valence-corrected chi connectivity index (χ0v) is 19.4. The first kappa shape index (κ1) is 22.8. The van der Waals surface area contributed by atoms with Crippen molar-refractivity contribution in [3.05, 3.63) is 21.6 Å². The molecule has 0 aromatic carbocycles. The first-order valence-electron chi connectivity index (χ1n) is 9.94. The number of fused-ring (bicyclic) bond motifs is 1. The van der Waals surface area contributed by atoms with Crippen LogP contribution in [-0.4, -0.2) is 49.0 Å². The number of esters is 1. The molecule has 0 aliphatic carbocycles. The van der Waals surface area contributed by atoms with Gasteiger partial charge in [-0.3, -0.25) is 4.90 Å². The molecule has 0 spiro atoms. The molecule has 1 aliphatic rings. The van der Waals surface area contributed by atoms with E-state index in [-0.39, 0.29) is 42.0 Å². The van der Waals surface area contributed by atoms with Crippen LogP contribution in [0.5, 0.6) is 0 Å². The average molecular weight is 504 g/mol. The molecular formula is C20H24BrClN2O6. The van der Waals surface area contributed by atoms with Crippen LogP contribution in [0, 0.1) is 0 Å². The van der Waals surface area contributed by atoms with Crippen molar-refractivity contribution in [3.63, 3.8) is 0 Å². The molecule has 2 aromatic rings. The minimum atomic E-state index is -0.680. The van der Waals surface area contributed by atoms with Gasteiger partial charge in [-0.05, 0) is 55.1 Å². The van der Waals surface area contributed by atoms with E-state index in [1.54, 1.807) is 19.9 Å². The van der Waals surface area contributed by atoms with Gasteiger partial charge in [0.05, 0.1) is 24.7 Å². The SMILES string of the molecule is CCOC(=O)c1oc2c(Br)nc(Cl)cc2c1N(C(=O)OCC)[C@H]1CCO[C@@H](CC)C1. The summed E-state index contributed by atoms with van der Waals surface area (Å²) < 4.78 is 22.5. The predicted molar refractivity (Wildman–Crippen MR) is 115 cm³/mol. The number of aromatic nitrogens is 1. The normalized spacial score (nSPS) is 19.0. The highest BCUT2D eigenvalue weighted by Gasteiger charge is 2.38. The molecule has 0 N–H and O–H groups in total. The second-order valence-electron chi connectivity index (χ2n) is 6.76. The van der Waals surface area contributed by atoms with Crippen LogP contribution in [0.2, 0.25) is 5.15 Å². The van der Waals surface area contributed by atoms with Crippen molar-refractivity contribution in [2.24, 2.45) is 0 Å². The summed E-state index contributed by atoms with van der Waals surface area (Å²) in [6.07, 6.45) is 1.43. The summed E-state index contributed by atoms with van der Waals surface area (Å²) in [5, 5.41) is 0.659. The van der Waals surface area contributed by atoms with Gasteiger partial charge < -0.3 is 18.6 Å². The van der Waals surface area contributed by atoms with E-state index in [4.69, 9.17) is 30.2 Å². The van der Waals surface area contributed by atoms with Crippen molar-refractivity contribution in [1.82, 2.24) is 4.98 Å². The van der Waals surface area contributed by atoms with Crippen LogP contribution in [-0.2, 0) is 14.2 Å². The van der Waals surface area contributed by atoms with E-state index in [0.717, 1.165) is 6.42 Å². The smallest absolute Gasteiger partial charge is 0.414 e. The monoisotopic (exact) mass is 502 g/mol. The molecule has 1 aliphatic heterocycles. The number of rotatable bonds is 6. The number of ether oxygens (including phenoxy) is 3. The Morgan fingerprint density at radius 1 is 1.30 bits per heavy atom. The van der Waals surface area contributed by atoms with Gasteiger partial charge in [0.1, 0.15) is 10.8 Å². The topological polar surface area (TPSA) is 91.1 Å². The minimum absolute atomic E-state index is 0.00174. The Morgan fingerprint density at radius 3 is 2.70 bits per heavy atom. The molecule has 3 rings (SSSR count). The number of carbonyl (C=O) groups is 2. The molecule has 1 amide bonds. The average Bonchev–Trinajstić information content (AvgIpc) is 3.08. The standard InChI is InChI=1S/C20H24BrClN2O6/c1-4-12-9-11(7-8-29-12)24(20(26)28-6-3)15-13-10-14(22)23-18(21)16(13)30-17(15)19(25)27-5-2/h10-12H,4-9H2,1-3H3/t11-,12-/m0/s1. The molecule has 1 saturated heterocycles. The summed E-state index contributed by atoms with van der Waals surface area (Å²) in [5.41, 5.74) is 0.569. The van der Waals surface area contributed by atoms with Crippen LogP contribution >= 0.6 is 27.5 Å². The lowest BCUT2D eigenvalue weighted by Crippen LogP contribution is -2.46. The van der Waals surface area contributed by atoms with Crippen LogP contribution in [0.3, 0.4) is 0 Å². The maximum absolute atomic E-state index is 13.1. The molecule has 0 radical (unpaired) electrons. The van der Waals surface area contributed by atoms with E-state index in [1.165, 1.54) is 4.90 Å². The summed E-state index contributed by atoms with van der Waals surface area (Å²) in [5.74, 6) is -0.774. The minimum Gasteiger partial charge on any atom is -0.460 e. The van der Waals surface area contributed by atoms with E-state index in [1.807, 2.05) is 6.92 Å². The summed E-state index contributed by atoms with van der Waals surface area (Å²) in [4.78, 5) is 31.4. The number of nitrogens with zero attached hydrogens (tertiary/aromatic N) is 2. The summed E-state index contributed by atoms with van der Waals surface area (Å²) in [6, 6.07) is 1.31. The Kier molecular flexibility index (Phi) is 7.60. The van der Waals surface area contributed by atoms with Gasteiger partial charge in [-0.15, -0.1) is 0 Å². The summed E-state index contributed by atoms with van der Waals surface area (Å²) in [7, 11) is 0. The molecule has 8 nitrogen and oxygen atoms in total. The fraction of sp³-hybridized carbons (Fsp3) is 0.550. The highest BCUT2D eigenvalue weighted by molar-refractivity contribution is 9.10. The molecule has 30 heavy (non-hydrogen) atoms. The number of anilines is 1. The van der Waals surface area contributed by atoms with Crippen molar-refractivity contribution >= 4 is 56.3 Å². The van der Waals surface area contributed by atoms with Crippen LogP contribution in [0.25, 0.3) is 11.0 Å². The second-order valence-corrected chi connectivity index (χ2v) is 7.90. The molecular weight excluding hydrogens is 480 g/mol. The van der Waals surface area contributed by atoms with Crippen molar-refractivity contribution < 1.29 is 28.2 Å². The van der Waals surface area contributed by atoms with Crippen LogP contribution in [0.15, 0.2) is 15.1 Å². The number of pyridine rings is 1. The largest absolute Gasteiger partial charge is 0.460 e. The third-order valence-electron chi connectivity index (χ3n) is 4.90. The molecule has 10 heteroatoms. The maximum Gasteiger partial charge on any atom is 0.414 e. The Morgan fingerprint density at radius 2 is 2.03 bits per heavy atom. The summed E-state index contributed by atoms with van der Waals surface area (Å²) in [6.45, 7) is 6.29. The van der Waals surface area contributed by atoms with Crippen molar-refractivity contribution in [2.75, 3.05) is 24.7 Å². The Balaban J connectivity index is 2.22. The van der Waals surface area contributed by atoms with E-state index in [0.29, 0.717) is 35.0 Å². The molecule has 1 fully saturated rings. The molecule has 3 heterocycles. The van der Waals surface area contributed by atoms with Gasteiger partial charge in [0.2, 0.25) is 5.76 Å². The van der Waals surface area contributed by atoms with Crippen LogP contribution in [0.1, 0.15) is 50.6 Å². The van der Waals surface area contributed by atoms with Gasteiger partial charge in [0.15, 0.2) is 10.2 Å². The highest BCUT2D eigenvalue weighted by atomic mass is 79.9. The van der Waals surface area contributed by atoms with Gasteiger partial charge in [0.25, 0.3) is 0 Å². The Hall–Kier alpha value is -1.84. The first-order valence-corrected chi connectivity index (χ1v) is 11.1. The van der Waals surface area contributed by atoms with Crippen LogP contribution in [0.4, 0.5) is 10.5 Å². The quantitative estimate of drug-likeness (QED) is 0.388. The third kappa shape index (κ3) is 4.58. The molecule has 0 bridgehead atoms. The zero-order valence-electron chi connectivity index (χ0n) is 17.1. The lowest BCUT2D eigenvalue weighted by atomic mass is 9.99. The highest BCUT2D eigenvalue weighted by Crippen LogP contribution is 2.41. The van der Waals surface area contributed by atoms with Gasteiger partial charge in [-0.1, -0.05) is 18.5 Å². The third-order valence-corrected chi connectivity index (χ3v) is 5.63. The number of hydrogen-bond acceptors (Lipinski definition) is 7. The van der Waals surface area contributed by atoms with E-state index >= 15 is 0 Å². The first-order chi connectivity index (χ1) is 14.4. The fourth-order valence-electron chi connectivity index (χ4n) is 3.59.